The Labute approximate surface area is 222 Å². The number of likely N-dealkylation sites (N-methyl/N-ethyl adjacent to an activating group) is 2. The molecule has 204 valence electrons. The fourth-order valence-electron chi connectivity index (χ4n) is 6.55. The van der Waals surface area contributed by atoms with E-state index < -0.39 is 5.54 Å². The largest absolute Gasteiger partial charge is 0.357 e. The maximum absolute atomic E-state index is 13.8. The van der Waals surface area contributed by atoms with E-state index in [1.807, 2.05) is 0 Å². The van der Waals surface area contributed by atoms with Crippen molar-refractivity contribution in [2.24, 2.45) is 5.92 Å². The Bertz CT molecular complexity index is 996. The summed E-state index contributed by atoms with van der Waals surface area (Å²) in [4.78, 5) is 47.1. The molecule has 4 amide bonds. The van der Waals surface area contributed by atoms with Gasteiger partial charge in [-0.15, -0.1) is 0 Å². The van der Waals surface area contributed by atoms with Gasteiger partial charge in [0.1, 0.15) is 12.1 Å². The van der Waals surface area contributed by atoms with Crippen LogP contribution in [-0.4, -0.2) is 96.3 Å². The van der Waals surface area contributed by atoms with Gasteiger partial charge in [0, 0.05) is 32.7 Å². The second-order valence-corrected chi connectivity index (χ2v) is 12.2. The minimum absolute atomic E-state index is 0.00379. The second-order valence-electron chi connectivity index (χ2n) is 12.2. The van der Waals surface area contributed by atoms with Crippen molar-refractivity contribution >= 4 is 17.8 Å². The molecule has 1 spiro atoms. The predicted octanol–water partition coefficient (Wildman–Crippen LogP) is 3.28. The van der Waals surface area contributed by atoms with Gasteiger partial charge in [0.25, 0.3) is 0 Å². The van der Waals surface area contributed by atoms with Gasteiger partial charge in [-0.05, 0) is 77.9 Å². The van der Waals surface area contributed by atoms with Gasteiger partial charge in [-0.2, -0.15) is 0 Å². The van der Waals surface area contributed by atoms with Crippen LogP contribution in [0.4, 0.5) is 4.79 Å². The average Bonchev–Trinajstić information content (AvgIpc) is 3.10. The third-order valence-electron chi connectivity index (χ3n) is 9.72. The van der Waals surface area contributed by atoms with E-state index in [1.54, 1.807) is 32.8 Å². The first-order valence-electron chi connectivity index (χ1n) is 13.8. The first kappa shape index (κ1) is 27.4. The van der Waals surface area contributed by atoms with Crippen molar-refractivity contribution in [3.05, 3.63) is 35.9 Å². The van der Waals surface area contributed by atoms with Crippen LogP contribution in [0, 0.1) is 5.92 Å². The number of amides is 4. The Morgan fingerprint density at radius 1 is 1.05 bits per heavy atom. The third-order valence-corrected chi connectivity index (χ3v) is 9.72. The van der Waals surface area contributed by atoms with E-state index in [2.05, 4.69) is 59.5 Å². The number of nitrogens with zero attached hydrogens (tertiary/aromatic N) is 4. The summed E-state index contributed by atoms with van der Waals surface area (Å²) < 4.78 is 0. The smallest absolute Gasteiger partial charge is 0.321 e. The lowest BCUT2D eigenvalue weighted by molar-refractivity contribution is -0.144. The van der Waals surface area contributed by atoms with Crippen LogP contribution in [0.5, 0.6) is 0 Å². The third kappa shape index (κ3) is 4.85. The summed E-state index contributed by atoms with van der Waals surface area (Å²) in [5.74, 6) is 0.110. The summed E-state index contributed by atoms with van der Waals surface area (Å²) in [7, 11) is 7.53. The van der Waals surface area contributed by atoms with E-state index in [0.29, 0.717) is 12.5 Å². The van der Waals surface area contributed by atoms with Gasteiger partial charge < -0.3 is 20.0 Å². The average molecular weight is 512 g/mol. The highest BCUT2D eigenvalue weighted by Crippen LogP contribution is 2.49. The van der Waals surface area contributed by atoms with Crippen LogP contribution in [0.15, 0.2) is 30.3 Å². The molecule has 0 aromatic heterocycles. The van der Waals surface area contributed by atoms with Crippen molar-refractivity contribution in [3.8, 4) is 0 Å². The summed E-state index contributed by atoms with van der Waals surface area (Å²) in [5.41, 5.74) is 0.0215. The van der Waals surface area contributed by atoms with Gasteiger partial charge in [-0.3, -0.25) is 14.5 Å². The minimum atomic E-state index is -0.996. The van der Waals surface area contributed by atoms with Gasteiger partial charge >= 0.3 is 6.03 Å². The number of urea groups is 1. The molecule has 0 bridgehead atoms. The van der Waals surface area contributed by atoms with Crippen LogP contribution >= 0.6 is 0 Å². The number of benzene rings is 1. The number of carbonyl (C=O) groups excluding carboxylic acids is 3. The Morgan fingerprint density at radius 2 is 1.68 bits per heavy atom. The quantitative estimate of drug-likeness (QED) is 0.581. The van der Waals surface area contributed by atoms with Gasteiger partial charge in [0.15, 0.2) is 0 Å². The molecule has 1 aliphatic heterocycles. The maximum atomic E-state index is 13.8. The molecule has 2 saturated carbocycles. The number of rotatable bonds is 8. The van der Waals surface area contributed by atoms with E-state index in [-0.39, 0.29) is 35.5 Å². The molecular weight excluding hydrogens is 466 g/mol. The number of nitrogens with one attached hydrogen (secondary N) is 1. The minimum Gasteiger partial charge on any atom is -0.357 e. The number of hydrogen-bond acceptors (Lipinski definition) is 4. The van der Waals surface area contributed by atoms with Crippen molar-refractivity contribution in [2.45, 2.75) is 75.4 Å². The molecule has 8 heteroatoms. The topological polar surface area (TPSA) is 76.2 Å². The standard InChI is InChI=1S/C29H45N5O3/c1-27(2,25(36)30-3)32(6)24(35)20-33-21-28(34(26(33)37)19-22-11-10-12-22)15-17-29(18-16-28,31(4)5)23-13-8-7-9-14-23/h7-9,13-14,22H,10-12,15-21H2,1-6H3,(H,30,36)/t28-,29+. The monoisotopic (exact) mass is 511 g/mol. The normalized spacial score (nSPS) is 26.5. The van der Waals surface area contributed by atoms with Crippen molar-refractivity contribution < 1.29 is 14.4 Å². The fraction of sp³-hybridized carbons (Fsp3) is 0.690. The summed E-state index contributed by atoms with van der Waals surface area (Å²) in [5, 5.41) is 2.64. The predicted molar refractivity (Wildman–Crippen MR) is 145 cm³/mol. The van der Waals surface area contributed by atoms with Crippen LogP contribution < -0.4 is 5.32 Å². The Kier molecular flexibility index (Phi) is 7.62. The number of carbonyl (C=O) groups is 3. The Hall–Kier alpha value is -2.61. The molecule has 0 unspecified atom stereocenters. The molecule has 3 fully saturated rings. The summed E-state index contributed by atoms with van der Waals surface area (Å²) in [6, 6.07) is 10.7. The number of hydrogen-bond donors (Lipinski definition) is 1. The molecule has 1 aromatic rings. The van der Waals surface area contributed by atoms with Crippen LogP contribution in [0.1, 0.15) is 64.4 Å². The van der Waals surface area contributed by atoms with E-state index in [1.165, 1.54) is 29.7 Å². The van der Waals surface area contributed by atoms with E-state index in [9.17, 15) is 14.4 Å². The molecule has 4 rings (SSSR count). The van der Waals surface area contributed by atoms with Gasteiger partial charge in [0.05, 0.1) is 5.54 Å². The lowest BCUT2D eigenvalue weighted by atomic mass is 9.68. The Balaban J connectivity index is 1.55. The molecular formula is C29H45N5O3. The summed E-state index contributed by atoms with van der Waals surface area (Å²) in [6.07, 6.45) is 7.32. The van der Waals surface area contributed by atoms with E-state index >= 15 is 0 Å². The highest BCUT2D eigenvalue weighted by molar-refractivity contribution is 5.92. The molecule has 1 aromatic carbocycles. The molecule has 0 radical (unpaired) electrons. The van der Waals surface area contributed by atoms with Crippen molar-refractivity contribution in [1.82, 2.24) is 24.9 Å². The van der Waals surface area contributed by atoms with Crippen LogP contribution in [-0.2, 0) is 15.1 Å². The SMILES string of the molecule is CNC(=O)C(C)(C)N(C)C(=O)CN1C[C@]2(CC[C@](c3ccccc3)(N(C)C)CC2)N(CC2CCC2)C1=O. The van der Waals surface area contributed by atoms with Crippen LogP contribution in [0.2, 0.25) is 0 Å². The zero-order valence-electron chi connectivity index (χ0n) is 23.5. The molecule has 1 heterocycles. The molecule has 3 aliphatic rings. The van der Waals surface area contributed by atoms with E-state index in [0.717, 1.165) is 32.2 Å². The second kappa shape index (κ2) is 10.3. The van der Waals surface area contributed by atoms with Gasteiger partial charge in [-0.25, -0.2) is 4.79 Å². The van der Waals surface area contributed by atoms with Crippen molar-refractivity contribution in [1.29, 1.82) is 0 Å². The lowest BCUT2D eigenvalue weighted by Crippen LogP contribution is -2.56. The van der Waals surface area contributed by atoms with Gasteiger partial charge in [-0.1, -0.05) is 36.8 Å². The Morgan fingerprint density at radius 3 is 2.19 bits per heavy atom. The summed E-state index contributed by atoms with van der Waals surface area (Å²) in [6.45, 7) is 4.80. The fourth-order valence-corrected chi connectivity index (χ4v) is 6.55. The molecule has 1 saturated heterocycles. The van der Waals surface area contributed by atoms with Crippen LogP contribution in [0.25, 0.3) is 0 Å². The van der Waals surface area contributed by atoms with Gasteiger partial charge in [0.2, 0.25) is 11.8 Å². The first-order chi connectivity index (χ1) is 17.5. The lowest BCUT2D eigenvalue weighted by Gasteiger charge is -2.51. The first-order valence-corrected chi connectivity index (χ1v) is 13.8. The highest BCUT2D eigenvalue weighted by atomic mass is 16.2. The van der Waals surface area contributed by atoms with E-state index in [4.69, 9.17) is 0 Å². The maximum Gasteiger partial charge on any atom is 0.321 e. The molecule has 1 N–H and O–H groups in total. The summed E-state index contributed by atoms with van der Waals surface area (Å²) >= 11 is 0. The zero-order valence-corrected chi connectivity index (χ0v) is 23.5. The highest BCUT2D eigenvalue weighted by Gasteiger charge is 2.55. The molecule has 37 heavy (non-hydrogen) atoms. The van der Waals surface area contributed by atoms with Crippen molar-refractivity contribution in [2.75, 3.05) is 47.8 Å². The molecule has 2 aliphatic carbocycles. The molecule has 8 nitrogen and oxygen atoms in total. The van der Waals surface area contributed by atoms with Crippen LogP contribution in [0.3, 0.4) is 0 Å². The zero-order chi connectivity index (χ0) is 27.0. The molecule has 0 atom stereocenters. The van der Waals surface area contributed by atoms with Crippen molar-refractivity contribution in [3.63, 3.8) is 0 Å².